The molecule has 6 heteroatoms. The zero-order valence-corrected chi connectivity index (χ0v) is 15.8. The third-order valence-corrected chi connectivity index (χ3v) is 5.07. The van der Waals surface area contributed by atoms with E-state index >= 15 is 0 Å². The third kappa shape index (κ3) is 3.48. The van der Waals surface area contributed by atoms with Gasteiger partial charge in [0.25, 0.3) is 5.91 Å². The summed E-state index contributed by atoms with van der Waals surface area (Å²) in [5, 5.41) is 2.96. The van der Waals surface area contributed by atoms with Crippen molar-refractivity contribution in [3.8, 4) is 5.75 Å². The Morgan fingerprint density at radius 2 is 1.54 bits per heavy atom. The van der Waals surface area contributed by atoms with Crippen LogP contribution < -0.4 is 15.5 Å². The largest absolute Gasteiger partial charge is 0.497 e. The van der Waals surface area contributed by atoms with E-state index in [1.54, 1.807) is 31.4 Å². The van der Waals surface area contributed by atoms with Crippen molar-refractivity contribution in [2.45, 2.75) is 38.9 Å². The number of ether oxygens (including phenoxy) is 1. The summed E-state index contributed by atoms with van der Waals surface area (Å²) in [6.45, 7) is 8.02. The van der Waals surface area contributed by atoms with Crippen molar-refractivity contribution in [3.05, 3.63) is 54.1 Å². The first-order chi connectivity index (χ1) is 12.2. The molecule has 0 saturated carbocycles. The summed E-state index contributed by atoms with van der Waals surface area (Å²) in [6.07, 6.45) is 0. The number of amides is 1. The van der Waals surface area contributed by atoms with Crippen LogP contribution in [0.25, 0.3) is 0 Å². The topological polar surface area (TPSA) is 56.8 Å². The average molecular weight is 353 g/mol. The van der Waals surface area contributed by atoms with E-state index in [4.69, 9.17) is 14.0 Å². The van der Waals surface area contributed by atoms with Crippen LogP contribution in [0.5, 0.6) is 5.75 Å². The Balaban J connectivity index is 1.82. The highest BCUT2D eigenvalue weighted by molar-refractivity contribution is 6.64. The third-order valence-electron chi connectivity index (χ3n) is 5.07. The van der Waals surface area contributed by atoms with Gasteiger partial charge in [-0.15, -0.1) is 0 Å². The molecule has 1 heterocycles. The number of carbonyl (C=O) groups is 1. The molecule has 0 aromatic heterocycles. The molecule has 1 aliphatic heterocycles. The Hall–Kier alpha value is -2.31. The molecule has 0 unspecified atom stereocenters. The van der Waals surface area contributed by atoms with Gasteiger partial charge in [-0.2, -0.15) is 0 Å². The zero-order valence-electron chi connectivity index (χ0n) is 15.8. The highest BCUT2D eigenvalue weighted by Gasteiger charge is 2.52. The minimum absolute atomic E-state index is 0.198. The van der Waals surface area contributed by atoms with Crippen molar-refractivity contribution >= 4 is 24.2 Å². The molecule has 2 aromatic carbocycles. The molecule has 3 rings (SSSR count). The van der Waals surface area contributed by atoms with Crippen molar-refractivity contribution in [2.75, 3.05) is 12.4 Å². The van der Waals surface area contributed by atoms with Gasteiger partial charge in [-0.1, -0.05) is 18.2 Å². The Kier molecular flexibility index (Phi) is 4.82. The number of para-hydroxylation sites is 1. The molecule has 2 aromatic rings. The second-order valence-corrected chi connectivity index (χ2v) is 7.36. The first-order valence-electron chi connectivity index (χ1n) is 8.63. The molecule has 136 valence electrons. The predicted octanol–water partition coefficient (Wildman–Crippen LogP) is 3.25. The number of rotatable bonds is 4. The lowest BCUT2D eigenvalue weighted by molar-refractivity contribution is 0.00578. The van der Waals surface area contributed by atoms with Crippen LogP contribution in [-0.2, 0) is 9.31 Å². The SMILES string of the molecule is COc1ccc(C(=O)Nc2ccccc2B2OC(C)(C)C(C)(C)O2)cc1. The maximum atomic E-state index is 12.6. The van der Waals surface area contributed by atoms with Gasteiger partial charge in [0.1, 0.15) is 5.75 Å². The van der Waals surface area contributed by atoms with Gasteiger partial charge in [0.05, 0.1) is 18.3 Å². The minimum atomic E-state index is -0.535. The van der Waals surface area contributed by atoms with Crippen molar-refractivity contribution in [3.63, 3.8) is 0 Å². The lowest BCUT2D eigenvalue weighted by Gasteiger charge is -2.32. The summed E-state index contributed by atoms with van der Waals surface area (Å²) in [7, 11) is 1.06. The minimum Gasteiger partial charge on any atom is -0.497 e. The average Bonchev–Trinajstić information content (AvgIpc) is 2.83. The Bertz CT molecular complexity index is 786. The summed E-state index contributed by atoms with van der Waals surface area (Å²) >= 11 is 0. The number of carbonyl (C=O) groups excluding carboxylic acids is 1. The molecule has 1 saturated heterocycles. The fourth-order valence-electron chi connectivity index (χ4n) is 2.72. The van der Waals surface area contributed by atoms with E-state index in [2.05, 4.69) is 5.32 Å². The van der Waals surface area contributed by atoms with Crippen LogP contribution in [0, 0.1) is 0 Å². The van der Waals surface area contributed by atoms with Crippen LogP contribution in [-0.4, -0.2) is 31.3 Å². The monoisotopic (exact) mass is 353 g/mol. The van der Waals surface area contributed by atoms with Crippen LogP contribution in [0.3, 0.4) is 0 Å². The van der Waals surface area contributed by atoms with Gasteiger partial charge >= 0.3 is 7.12 Å². The molecule has 1 aliphatic rings. The summed E-state index contributed by atoms with van der Waals surface area (Å²) in [4.78, 5) is 12.6. The lowest BCUT2D eigenvalue weighted by Crippen LogP contribution is -2.41. The van der Waals surface area contributed by atoms with Crippen molar-refractivity contribution in [1.29, 1.82) is 0 Å². The van der Waals surface area contributed by atoms with Crippen LogP contribution in [0.2, 0.25) is 0 Å². The van der Waals surface area contributed by atoms with Crippen LogP contribution >= 0.6 is 0 Å². The summed E-state index contributed by atoms with van der Waals surface area (Å²) in [6, 6.07) is 14.5. The predicted molar refractivity (Wildman–Crippen MR) is 103 cm³/mol. The fourth-order valence-corrected chi connectivity index (χ4v) is 2.72. The lowest BCUT2D eigenvalue weighted by atomic mass is 9.77. The maximum absolute atomic E-state index is 12.6. The van der Waals surface area contributed by atoms with E-state index in [9.17, 15) is 4.79 Å². The number of methoxy groups -OCH3 is 1. The smallest absolute Gasteiger partial charge is 0.496 e. The Labute approximate surface area is 154 Å². The molecule has 5 nitrogen and oxygen atoms in total. The summed E-state index contributed by atoms with van der Waals surface area (Å²) in [5.41, 5.74) is 1.14. The molecule has 1 amide bonds. The normalized spacial score (nSPS) is 17.8. The van der Waals surface area contributed by atoms with E-state index in [1.165, 1.54) is 0 Å². The molecule has 1 N–H and O–H groups in total. The van der Waals surface area contributed by atoms with Crippen molar-refractivity contribution < 1.29 is 18.8 Å². The number of nitrogens with one attached hydrogen (secondary N) is 1. The van der Waals surface area contributed by atoms with Gasteiger partial charge < -0.3 is 19.4 Å². The quantitative estimate of drug-likeness (QED) is 0.858. The molecule has 0 atom stereocenters. The van der Waals surface area contributed by atoms with Gasteiger partial charge in [0.15, 0.2) is 0 Å². The zero-order chi connectivity index (χ0) is 18.9. The highest BCUT2D eigenvalue weighted by atomic mass is 16.7. The first kappa shape index (κ1) is 18.5. The molecule has 0 radical (unpaired) electrons. The molecule has 0 bridgehead atoms. The van der Waals surface area contributed by atoms with E-state index in [0.717, 1.165) is 5.46 Å². The molecule has 1 fully saturated rings. The van der Waals surface area contributed by atoms with E-state index in [1.807, 2.05) is 52.0 Å². The fraction of sp³-hybridized carbons (Fsp3) is 0.350. The summed E-state index contributed by atoms with van der Waals surface area (Å²) < 4.78 is 17.4. The highest BCUT2D eigenvalue weighted by Crippen LogP contribution is 2.37. The van der Waals surface area contributed by atoms with Crippen LogP contribution in [0.1, 0.15) is 38.1 Å². The van der Waals surface area contributed by atoms with Gasteiger partial charge in [-0.25, -0.2) is 0 Å². The molecular weight excluding hydrogens is 329 g/mol. The van der Waals surface area contributed by atoms with Gasteiger partial charge in [-0.3, -0.25) is 4.79 Å². The molecule has 26 heavy (non-hydrogen) atoms. The van der Waals surface area contributed by atoms with E-state index < -0.39 is 18.3 Å². The molecule has 0 spiro atoms. The van der Waals surface area contributed by atoms with E-state index in [0.29, 0.717) is 17.0 Å². The van der Waals surface area contributed by atoms with Gasteiger partial charge in [0, 0.05) is 16.7 Å². The number of hydrogen-bond donors (Lipinski definition) is 1. The second-order valence-electron chi connectivity index (χ2n) is 7.36. The number of anilines is 1. The van der Waals surface area contributed by atoms with Gasteiger partial charge in [0.2, 0.25) is 0 Å². The van der Waals surface area contributed by atoms with Crippen LogP contribution in [0.15, 0.2) is 48.5 Å². The number of benzene rings is 2. The van der Waals surface area contributed by atoms with Crippen molar-refractivity contribution in [2.24, 2.45) is 0 Å². The van der Waals surface area contributed by atoms with E-state index in [-0.39, 0.29) is 5.91 Å². The number of hydrogen-bond acceptors (Lipinski definition) is 4. The standard InChI is InChI=1S/C20H24BNO4/c1-19(2)20(3,4)26-21(25-19)16-8-6-7-9-17(16)22-18(23)14-10-12-15(24-5)13-11-14/h6-13H,1-5H3,(H,22,23). The van der Waals surface area contributed by atoms with Crippen LogP contribution in [0.4, 0.5) is 5.69 Å². The Morgan fingerprint density at radius 1 is 0.962 bits per heavy atom. The molecular formula is C20H24BNO4. The molecule has 0 aliphatic carbocycles. The maximum Gasteiger partial charge on any atom is 0.496 e. The first-order valence-corrected chi connectivity index (χ1v) is 8.63. The van der Waals surface area contributed by atoms with Crippen molar-refractivity contribution in [1.82, 2.24) is 0 Å². The Morgan fingerprint density at radius 3 is 2.12 bits per heavy atom. The van der Waals surface area contributed by atoms with Gasteiger partial charge in [-0.05, 0) is 58.0 Å². The second kappa shape index (κ2) is 6.78. The summed E-state index contributed by atoms with van der Waals surface area (Å²) in [5.74, 6) is 0.510.